The minimum Gasteiger partial charge on any atom is -0.456 e. The van der Waals surface area contributed by atoms with E-state index in [1.807, 2.05) is 12.1 Å². The van der Waals surface area contributed by atoms with Crippen molar-refractivity contribution >= 4 is 60.5 Å². The van der Waals surface area contributed by atoms with Crippen molar-refractivity contribution in [3.05, 3.63) is 222 Å². The van der Waals surface area contributed by atoms with Gasteiger partial charge in [-0.2, -0.15) is 0 Å². The first kappa shape index (κ1) is 29.8. The zero-order valence-electron chi connectivity index (χ0n) is 28.9. The van der Waals surface area contributed by atoms with Crippen LogP contribution in [-0.4, -0.2) is 0 Å². The van der Waals surface area contributed by atoms with Crippen molar-refractivity contribution in [2.45, 2.75) is 5.41 Å². The van der Waals surface area contributed by atoms with E-state index in [4.69, 9.17) is 4.42 Å². The molecule has 1 aliphatic rings. The van der Waals surface area contributed by atoms with Crippen molar-refractivity contribution in [2.75, 3.05) is 4.90 Å². The van der Waals surface area contributed by atoms with Gasteiger partial charge in [0.2, 0.25) is 0 Å². The molecule has 2 heteroatoms. The topological polar surface area (TPSA) is 16.4 Å². The molecule has 0 atom stereocenters. The third kappa shape index (κ3) is 4.39. The molecule has 1 heterocycles. The Kier molecular flexibility index (Phi) is 6.50. The van der Waals surface area contributed by atoms with E-state index in [1.54, 1.807) is 0 Å². The molecule has 248 valence electrons. The van der Waals surface area contributed by atoms with E-state index < -0.39 is 5.41 Å². The summed E-state index contributed by atoms with van der Waals surface area (Å²) in [4.78, 5) is 2.42. The molecule has 0 N–H and O–H groups in total. The SMILES string of the molecule is c1ccc(C2(c3ccccc3)c3ccccc3-c3ccc(N(c4ccc5ccc6ccccc6c5c4)c4ccc5oc6ccccc6c5c4)cc32)cc1. The summed E-state index contributed by atoms with van der Waals surface area (Å²) in [5.74, 6) is 0. The van der Waals surface area contributed by atoms with Gasteiger partial charge in [0.15, 0.2) is 0 Å². The average molecular weight is 676 g/mol. The molecule has 9 aromatic carbocycles. The first-order valence-electron chi connectivity index (χ1n) is 18.3. The summed E-state index contributed by atoms with van der Waals surface area (Å²) in [6.07, 6.45) is 0. The maximum atomic E-state index is 6.31. The van der Waals surface area contributed by atoms with E-state index in [-0.39, 0.29) is 0 Å². The van der Waals surface area contributed by atoms with Crippen LogP contribution in [0, 0.1) is 0 Å². The molecule has 0 saturated heterocycles. The Balaban J connectivity index is 1.21. The lowest BCUT2D eigenvalue weighted by atomic mass is 9.67. The van der Waals surface area contributed by atoms with Gasteiger partial charge >= 0.3 is 0 Å². The Hall–Kier alpha value is -6.90. The molecule has 0 radical (unpaired) electrons. The Labute approximate surface area is 307 Å². The van der Waals surface area contributed by atoms with Crippen molar-refractivity contribution in [1.82, 2.24) is 0 Å². The van der Waals surface area contributed by atoms with Crippen LogP contribution in [0.4, 0.5) is 17.1 Å². The van der Waals surface area contributed by atoms with Crippen LogP contribution in [0.5, 0.6) is 0 Å². The summed E-state index contributed by atoms with van der Waals surface area (Å²) in [7, 11) is 0. The number of furan rings is 1. The zero-order chi connectivity index (χ0) is 34.9. The summed E-state index contributed by atoms with van der Waals surface area (Å²) < 4.78 is 6.31. The molecule has 0 spiro atoms. The lowest BCUT2D eigenvalue weighted by molar-refractivity contribution is 0.669. The third-order valence-electron chi connectivity index (χ3n) is 11.3. The highest BCUT2D eigenvalue weighted by Crippen LogP contribution is 2.57. The molecule has 0 bridgehead atoms. The van der Waals surface area contributed by atoms with Crippen molar-refractivity contribution in [3.63, 3.8) is 0 Å². The van der Waals surface area contributed by atoms with E-state index in [0.29, 0.717) is 0 Å². The average Bonchev–Trinajstić information content (AvgIpc) is 3.75. The second-order valence-electron chi connectivity index (χ2n) is 14.1. The van der Waals surface area contributed by atoms with Gasteiger partial charge in [-0.1, -0.05) is 152 Å². The molecule has 0 saturated carbocycles. The van der Waals surface area contributed by atoms with Crippen LogP contribution in [0.2, 0.25) is 0 Å². The quantitative estimate of drug-likeness (QED) is 0.169. The van der Waals surface area contributed by atoms with Crippen LogP contribution in [0.3, 0.4) is 0 Å². The molecule has 0 aliphatic heterocycles. The lowest BCUT2D eigenvalue weighted by Gasteiger charge is -2.35. The second kappa shape index (κ2) is 11.6. The second-order valence-corrected chi connectivity index (χ2v) is 14.1. The number of anilines is 3. The molecule has 1 aromatic heterocycles. The van der Waals surface area contributed by atoms with Crippen molar-refractivity contribution < 1.29 is 4.42 Å². The summed E-state index contributed by atoms with van der Waals surface area (Å²) in [5, 5.41) is 7.16. The molecule has 1 aliphatic carbocycles. The molecule has 0 fully saturated rings. The molecular weight excluding hydrogens is 643 g/mol. The van der Waals surface area contributed by atoms with Crippen LogP contribution in [-0.2, 0) is 5.41 Å². The number of hydrogen-bond acceptors (Lipinski definition) is 2. The summed E-state index contributed by atoms with van der Waals surface area (Å²) >= 11 is 0. The number of rotatable bonds is 5. The minimum absolute atomic E-state index is 0.500. The van der Waals surface area contributed by atoms with E-state index in [9.17, 15) is 0 Å². The van der Waals surface area contributed by atoms with E-state index in [1.165, 1.54) is 54.9 Å². The molecule has 2 nitrogen and oxygen atoms in total. The standard InChI is InChI=1S/C51H33NO/c1-3-14-36(15-4-1)51(37-16-5-2-6-17-37)47-21-11-9-19-42(47)43-29-27-40(33-48(43)51)52(39-28-30-50-46(32-39)44-20-10-12-22-49(44)53-50)38-26-25-35-24-23-34-13-7-8-18-41(34)45(35)31-38/h1-33H. The fourth-order valence-electron chi connectivity index (χ4n) is 9.00. The first-order valence-corrected chi connectivity index (χ1v) is 18.3. The maximum Gasteiger partial charge on any atom is 0.135 e. The smallest absolute Gasteiger partial charge is 0.135 e. The van der Waals surface area contributed by atoms with Gasteiger partial charge in [0, 0.05) is 27.8 Å². The van der Waals surface area contributed by atoms with Crippen LogP contribution >= 0.6 is 0 Å². The van der Waals surface area contributed by atoms with Crippen LogP contribution in [0.15, 0.2) is 205 Å². The predicted octanol–water partition coefficient (Wildman–Crippen LogP) is 13.7. The largest absolute Gasteiger partial charge is 0.456 e. The number of benzene rings is 9. The van der Waals surface area contributed by atoms with Gasteiger partial charge in [-0.15, -0.1) is 0 Å². The van der Waals surface area contributed by atoms with Crippen LogP contribution in [0.25, 0.3) is 54.6 Å². The first-order chi connectivity index (χ1) is 26.3. The van der Waals surface area contributed by atoms with Gasteiger partial charge < -0.3 is 9.32 Å². The molecule has 53 heavy (non-hydrogen) atoms. The van der Waals surface area contributed by atoms with Gasteiger partial charge in [0.25, 0.3) is 0 Å². The van der Waals surface area contributed by atoms with E-state index >= 15 is 0 Å². The minimum atomic E-state index is -0.500. The van der Waals surface area contributed by atoms with Gasteiger partial charge in [0.05, 0.1) is 5.41 Å². The Bertz CT molecular complexity index is 2970. The van der Waals surface area contributed by atoms with Crippen molar-refractivity contribution in [3.8, 4) is 11.1 Å². The fourth-order valence-corrected chi connectivity index (χ4v) is 9.00. The number of para-hydroxylation sites is 1. The molecule has 10 aromatic rings. The maximum absolute atomic E-state index is 6.31. The zero-order valence-corrected chi connectivity index (χ0v) is 28.9. The lowest BCUT2D eigenvalue weighted by Crippen LogP contribution is -2.28. The summed E-state index contributed by atoms with van der Waals surface area (Å²) in [5.41, 5.74) is 12.2. The predicted molar refractivity (Wildman–Crippen MR) is 221 cm³/mol. The number of fused-ring (bicyclic) bond motifs is 9. The number of nitrogens with zero attached hydrogens (tertiary/aromatic N) is 1. The number of hydrogen-bond donors (Lipinski definition) is 0. The van der Waals surface area contributed by atoms with Crippen LogP contribution in [0.1, 0.15) is 22.3 Å². The summed E-state index contributed by atoms with van der Waals surface area (Å²) in [6, 6.07) is 73.0. The normalized spacial score (nSPS) is 13.1. The monoisotopic (exact) mass is 675 g/mol. The summed E-state index contributed by atoms with van der Waals surface area (Å²) in [6.45, 7) is 0. The van der Waals surface area contributed by atoms with Gasteiger partial charge in [0.1, 0.15) is 11.2 Å². The molecule has 11 rings (SSSR count). The molecular formula is C51H33NO. The molecule has 0 unspecified atom stereocenters. The third-order valence-corrected chi connectivity index (χ3v) is 11.3. The Morgan fingerprint density at radius 2 is 0.868 bits per heavy atom. The Morgan fingerprint density at radius 3 is 1.66 bits per heavy atom. The Morgan fingerprint density at radius 1 is 0.340 bits per heavy atom. The highest BCUT2D eigenvalue weighted by atomic mass is 16.3. The van der Waals surface area contributed by atoms with E-state index in [2.05, 4.69) is 193 Å². The fraction of sp³-hybridized carbons (Fsp3) is 0.0196. The van der Waals surface area contributed by atoms with Crippen molar-refractivity contribution in [2.24, 2.45) is 0 Å². The van der Waals surface area contributed by atoms with E-state index in [0.717, 1.165) is 39.0 Å². The highest BCUT2D eigenvalue weighted by Gasteiger charge is 2.46. The highest BCUT2D eigenvalue weighted by molar-refractivity contribution is 6.10. The molecule has 0 amide bonds. The van der Waals surface area contributed by atoms with Gasteiger partial charge in [-0.3, -0.25) is 0 Å². The van der Waals surface area contributed by atoms with Crippen molar-refractivity contribution in [1.29, 1.82) is 0 Å². The van der Waals surface area contributed by atoms with Gasteiger partial charge in [-0.25, -0.2) is 0 Å². The van der Waals surface area contributed by atoms with Crippen LogP contribution < -0.4 is 4.90 Å². The van der Waals surface area contributed by atoms with Gasteiger partial charge in [-0.05, 0) is 103 Å².